The third-order valence-electron chi connectivity index (χ3n) is 5.16. The van der Waals surface area contributed by atoms with Crippen molar-refractivity contribution in [3.8, 4) is 6.07 Å². The van der Waals surface area contributed by atoms with E-state index in [1.54, 1.807) is 0 Å². The number of alkyl halides is 6. The van der Waals surface area contributed by atoms with E-state index in [-0.39, 0.29) is 33.7 Å². The number of nitriles is 1. The van der Waals surface area contributed by atoms with Gasteiger partial charge in [0.25, 0.3) is 0 Å². The lowest BCUT2D eigenvalue weighted by Gasteiger charge is -2.25. The van der Waals surface area contributed by atoms with Gasteiger partial charge < -0.3 is 14.8 Å². The van der Waals surface area contributed by atoms with Crippen LogP contribution in [0.1, 0.15) is 22.3 Å². The second-order valence-corrected chi connectivity index (χ2v) is 7.47. The highest BCUT2D eigenvalue weighted by Crippen LogP contribution is 2.41. The van der Waals surface area contributed by atoms with E-state index in [2.05, 4.69) is 0 Å². The van der Waals surface area contributed by atoms with E-state index in [4.69, 9.17) is 10.4 Å². The summed E-state index contributed by atoms with van der Waals surface area (Å²) in [6.07, 6.45) is -7.85. The first-order valence-electron chi connectivity index (χ1n) is 9.47. The zero-order valence-corrected chi connectivity index (χ0v) is 16.9. The predicted molar refractivity (Wildman–Crippen MR) is 107 cm³/mol. The molecule has 2 aromatic rings. The van der Waals surface area contributed by atoms with Crippen molar-refractivity contribution >= 4 is 28.9 Å². The van der Waals surface area contributed by atoms with Gasteiger partial charge in [-0.25, -0.2) is 9.59 Å². The molecular formula is C22H14F6N2O4. The number of carbonyl (C=O) groups is 2. The maximum atomic E-state index is 13.3. The van der Waals surface area contributed by atoms with Crippen LogP contribution >= 0.6 is 0 Å². The minimum Gasteiger partial charge on any atom is -0.478 e. The minimum atomic E-state index is -5.01. The van der Waals surface area contributed by atoms with Crippen molar-refractivity contribution in [1.29, 1.82) is 5.26 Å². The third-order valence-corrected chi connectivity index (χ3v) is 5.16. The largest absolute Gasteiger partial charge is 0.478 e. The Hall–Kier alpha value is -4.01. The molecule has 6 nitrogen and oxygen atoms in total. The lowest BCUT2D eigenvalue weighted by atomic mass is 9.89. The van der Waals surface area contributed by atoms with Gasteiger partial charge in [0.05, 0.1) is 17.1 Å². The van der Waals surface area contributed by atoms with Gasteiger partial charge in [-0.3, -0.25) is 0 Å². The summed E-state index contributed by atoms with van der Waals surface area (Å²) in [5.74, 6) is -5.36. The lowest BCUT2D eigenvalue weighted by Crippen LogP contribution is -2.27. The number of nitrogens with zero attached hydrogens (tertiary/aromatic N) is 2. The highest BCUT2D eigenvalue weighted by atomic mass is 19.4. The number of allylic oxidation sites excluding steroid dienone is 4. The first-order chi connectivity index (χ1) is 15.7. The Bertz CT molecular complexity index is 1310. The number of aliphatic carboxylic acids is 1. The number of aromatic nitrogens is 1. The molecule has 1 aliphatic rings. The van der Waals surface area contributed by atoms with Crippen molar-refractivity contribution in [2.24, 2.45) is 5.92 Å². The van der Waals surface area contributed by atoms with Crippen molar-refractivity contribution in [1.82, 2.24) is 4.57 Å². The fourth-order valence-corrected chi connectivity index (χ4v) is 3.70. The second-order valence-electron chi connectivity index (χ2n) is 7.47. The number of carboxylic acids is 2. The summed E-state index contributed by atoms with van der Waals surface area (Å²) < 4.78 is 80.7. The summed E-state index contributed by atoms with van der Waals surface area (Å²) >= 11 is 0. The van der Waals surface area contributed by atoms with Crippen LogP contribution in [0.3, 0.4) is 0 Å². The van der Waals surface area contributed by atoms with Gasteiger partial charge in [-0.1, -0.05) is 12.1 Å². The van der Waals surface area contributed by atoms with E-state index in [1.807, 2.05) is 0 Å². The quantitative estimate of drug-likeness (QED) is 0.339. The predicted octanol–water partition coefficient (Wildman–Crippen LogP) is 5.33. The third kappa shape index (κ3) is 4.98. The Morgan fingerprint density at radius 1 is 1.18 bits per heavy atom. The average molecular weight is 484 g/mol. The van der Waals surface area contributed by atoms with Gasteiger partial charge >= 0.3 is 24.3 Å². The first kappa shape index (κ1) is 24.6. The number of carboxylic acid groups (broad SMARTS) is 2. The molecule has 1 aromatic heterocycles. The zero-order valence-electron chi connectivity index (χ0n) is 16.9. The molecule has 2 N–H and O–H groups in total. The molecule has 1 aromatic carbocycles. The first-order valence-corrected chi connectivity index (χ1v) is 9.47. The van der Waals surface area contributed by atoms with Crippen LogP contribution in [0.4, 0.5) is 26.3 Å². The van der Waals surface area contributed by atoms with Gasteiger partial charge in [0, 0.05) is 29.2 Å². The number of hydrogen-bond donors (Lipinski definition) is 2. The molecule has 0 saturated heterocycles. The van der Waals surface area contributed by atoms with Crippen molar-refractivity contribution in [2.75, 3.05) is 0 Å². The molecule has 0 amide bonds. The molecule has 0 fully saturated rings. The Labute approximate surface area is 187 Å². The summed E-state index contributed by atoms with van der Waals surface area (Å²) in [6.45, 7) is -0.456. The van der Waals surface area contributed by atoms with Crippen LogP contribution in [-0.4, -0.2) is 39.1 Å². The van der Waals surface area contributed by atoms with E-state index in [1.165, 1.54) is 35.0 Å². The molecule has 12 heteroatoms. The number of aromatic carboxylic acids is 1. The van der Waals surface area contributed by atoms with E-state index in [0.29, 0.717) is 6.08 Å². The maximum absolute atomic E-state index is 13.3. The highest BCUT2D eigenvalue weighted by Gasteiger charge is 2.44. The van der Waals surface area contributed by atoms with E-state index in [0.717, 1.165) is 6.08 Å². The van der Waals surface area contributed by atoms with Gasteiger partial charge in [-0.15, -0.1) is 0 Å². The smallest absolute Gasteiger partial charge is 0.416 e. The summed E-state index contributed by atoms with van der Waals surface area (Å²) in [5.41, 5.74) is -2.60. The van der Waals surface area contributed by atoms with E-state index >= 15 is 0 Å². The Morgan fingerprint density at radius 2 is 1.85 bits per heavy atom. The molecular weight excluding hydrogens is 470 g/mol. The maximum Gasteiger partial charge on any atom is 0.416 e. The Morgan fingerprint density at radius 3 is 2.38 bits per heavy atom. The molecule has 0 radical (unpaired) electrons. The van der Waals surface area contributed by atoms with Gasteiger partial charge in [0.15, 0.2) is 0 Å². The topological polar surface area (TPSA) is 103 Å². The number of rotatable bonds is 5. The normalized spacial score (nSPS) is 17.2. The van der Waals surface area contributed by atoms with Crippen molar-refractivity contribution < 1.29 is 46.1 Å². The number of hydrogen-bond acceptors (Lipinski definition) is 3. The number of halogens is 6. The molecule has 178 valence electrons. The van der Waals surface area contributed by atoms with Gasteiger partial charge in [-0.2, -0.15) is 31.6 Å². The number of benzene rings is 1. The van der Waals surface area contributed by atoms with Crippen LogP contribution in [-0.2, 0) is 11.3 Å². The van der Waals surface area contributed by atoms with Gasteiger partial charge in [-0.05, 0) is 36.3 Å². The second kappa shape index (κ2) is 8.74. The molecule has 1 atom stereocenters. The highest BCUT2D eigenvalue weighted by molar-refractivity contribution is 6.08. The molecule has 0 aliphatic heterocycles. The Balaban J connectivity index is 2.18. The molecule has 1 heterocycles. The van der Waals surface area contributed by atoms with Gasteiger partial charge in [0.1, 0.15) is 11.6 Å². The fourth-order valence-electron chi connectivity index (χ4n) is 3.70. The summed E-state index contributed by atoms with van der Waals surface area (Å²) in [4.78, 5) is 22.9. The van der Waals surface area contributed by atoms with Crippen LogP contribution in [0.5, 0.6) is 0 Å². The molecule has 0 spiro atoms. The van der Waals surface area contributed by atoms with Crippen molar-refractivity contribution in [2.45, 2.75) is 25.3 Å². The molecule has 0 bridgehead atoms. The summed E-state index contributed by atoms with van der Waals surface area (Å²) in [7, 11) is 0. The van der Waals surface area contributed by atoms with Crippen LogP contribution in [0.15, 0.2) is 53.3 Å². The Kier molecular flexibility index (Phi) is 6.33. The van der Waals surface area contributed by atoms with Crippen LogP contribution in [0.2, 0.25) is 0 Å². The van der Waals surface area contributed by atoms with Crippen LogP contribution in [0, 0.1) is 17.2 Å². The van der Waals surface area contributed by atoms with Crippen LogP contribution < -0.4 is 0 Å². The SMILES string of the molecule is N#C/C(=C\c1cn(CC2=CC(C(F)(F)F)=CC(C(F)(F)F)C2)c2cccc(C(=O)O)c12)C(=O)O. The monoisotopic (exact) mass is 484 g/mol. The zero-order chi connectivity index (χ0) is 25.4. The summed E-state index contributed by atoms with van der Waals surface area (Å²) in [6, 6.07) is 5.34. The van der Waals surface area contributed by atoms with E-state index in [9.17, 15) is 41.0 Å². The van der Waals surface area contributed by atoms with E-state index < -0.39 is 54.3 Å². The van der Waals surface area contributed by atoms with Crippen molar-refractivity contribution in [3.05, 3.63) is 64.4 Å². The molecule has 1 aliphatic carbocycles. The van der Waals surface area contributed by atoms with Crippen LogP contribution in [0.25, 0.3) is 17.0 Å². The average Bonchev–Trinajstić information content (AvgIpc) is 3.07. The molecule has 3 rings (SSSR count). The van der Waals surface area contributed by atoms with Crippen molar-refractivity contribution in [3.63, 3.8) is 0 Å². The fraction of sp³-hybridized carbons (Fsp3) is 0.227. The molecule has 34 heavy (non-hydrogen) atoms. The minimum absolute atomic E-state index is 0.0145. The van der Waals surface area contributed by atoms with Gasteiger partial charge in [0.2, 0.25) is 0 Å². The standard InChI is InChI=1S/C22H14F6N2O4/c23-21(24,25)14-4-11(5-15(7-14)22(26,27)28)9-30-10-13(6-12(8-29)19(31)32)18-16(20(33)34)2-1-3-17(18)30/h1-4,6-7,10,15H,5,9H2,(H,31,32)(H,33,34)/b12-6+. The lowest BCUT2D eigenvalue weighted by molar-refractivity contribution is -0.162. The number of fused-ring (bicyclic) bond motifs is 1. The summed E-state index contributed by atoms with van der Waals surface area (Å²) in [5, 5.41) is 27.7. The molecule has 1 unspecified atom stereocenters. The molecule has 0 saturated carbocycles.